The van der Waals surface area contributed by atoms with Crippen molar-refractivity contribution in [3.8, 4) is 0 Å². The van der Waals surface area contributed by atoms with Gasteiger partial charge in [0.1, 0.15) is 0 Å². The Balaban J connectivity index is 1.82. The van der Waals surface area contributed by atoms with Crippen LogP contribution in [0, 0.1) is 0 Å². The third-order valence-electron chi connectivity index (χ3n) is 3.42. The minimum absolute atomic E-state index is 0.141. The number of hydrogen-bond acceptors (Lipinski definition) is 4. The molecule has 0 radical (unpaired) electrons. The van der Waals surface area contributed by atoms with Crippen LogP contribution in [-0.4, -0.2) is 16.2 Å². The maximum absolute atomic E-state index is 5.79. The second-order valence-corrected chi connectivity index (χ2v) is 4.91. The Morgan fingerprint density at radius 2 is 2.27 bits per heavy atom. The summed E-state index contributed by atoms with van der Waals surface area (Å²) in [6, 6.07) is 0.141. The second kappa shape index (κ2) is 2.92. The molecule has 2 atom stereocenters. The molecular formula is C11H15N3O. The van der Waals surface area contributed by atoms with E-state index >= 15 is 0 Å². The Hall–Kier alpha value is -1.16. The van der Waals surface area contributed by atoms with Gasteiger partial charge in [0.25, 0.3) is 0 Å². The van der Waals surface area contributed by atoms with Gasteiger partial charge in [-0.15, -0.1) is 0 Å². The first-order valence-corrected chi connectivity index (χ1v) is 5.45. The predicted molar refractivity (Wildman–Crippen MR) is 55.4 cm³/mol. The van der Waals surface area contributed by atoms with Crippen LogP contribution in [0.25, 0.3) is 0 Å². The summed E-state index contributed by atoms with van der Waals surface area (Å²) in [6.07, 6.45) is 7.31. The van der Waals surface area contributed by atoms with E-state index in [1.54, 1.807) is 0 Å². The lowest BCUT2D eigenvalue weighted by Gasteiger charge is -2.02. The highest BCUT2D eigenvalue weighted by Crippen LogP contribution is 2.46. The van der Waals surface area contributed by atoms with Crippen LogP contribution in [0.15, 0.2) is 16.7 Å². The average molecular weight is 205 g/mol. The molecule has 1 fully saturated rings. The second-order valence-electron chi connectivity index (χ2n) is 4.91. The number of nitrogens with two attached hydrogens (primary N) is 1. The van der Waals surface area contributed by atoms with Crippen LogP contribution in [0.5, 0.6) is 0 Å². The molecule has 3 rings (SSSR count). The van der Waals surface area contributed by atoms with Crippen molar-refractivity contribution < 1.29 is 4.52 Å². The maximum Gasteiger partial charge on any atom is 0.233 e. The Morgan fingerprint density at radius 3 is 2.87 bits per heavy atom. The molecule has 4 heteroatoms. The normalized spacial score (nSPS) is 32.1. The fraction of sp³-hybridized carbons (Fsp3) is 0.636. The van der Waals surface area contributed by atoms with Crippen LogP contribution in [0.4, 0.5) is 0 Å². The Labute approximate surface area is 88.5 Å². The van der Waals surface area contributed by atoms with E-state index < -0.39 is 0 Å². The van der Waals surface area contributed by atoms with Gasteiger partial charge < -0.3 is 10.3 Å². The Kier molecular flexibility index (Phi) is 1.77. The lowest BCUT2D eigenvalue weighted by molar-refractivity contribution is 0.357. The van der Waals surface area contributed by atoms with Gasteiger partial charge in [-0.05, 0) is 19.3 Å². The molecular weight excluding hydrogens is 190 g/mol. The molecule has 1 heterocycles. The highest BCUT2D eigenvalue weighted by atomic mass is 16.5. The molecule has 0 bridgehead atoms. The van der Waals surface area contributed by atoms with E-state index in [4.69, 9.17) is 10.3 Å². The van der Waals surface area contributed by atoms with E-state index in [1.807, 2.05) is 6.08 Å². The fourth-order valence-corrected chi connectivity index (χ4v) is 1.95. The van der Waals surface area contributed by atoms with Gasteiger partial charge >= 0.3 is 0 Å². The van der Waals surface area contributed by atoms with Crippen molar-refractivity contribution in [2.24, 2.45) is 5.73 Å². The molecule has 4 nitrogen and oxygen atoms in total. The summed E-state index contributed by atoms with van der Waals surface area (Å²) in [4.78, 5) is 4.48. The maximum atomic E-state index is 5.79. The number of hydrogen-bond donors (Lipinski definition) is 1. The first kappa shape index (κ1) is 9.09. The number of nitrogens with zero attached hydrogens (tertiary/aromatic N) is 2. The van der Waals surface area contributed by atoms with Crippen LogP contribution in [-0.2, 0) is 5.41 Å². The summed E-state index contributed by atoms with van der Waals surface area (Å²) >= 11 is 0. The standard InChI is InChI=1S/C11H15N3O/c1-11(4-5-11)10-13-9(15-14-10)7-2-3-8(12)6-7/h2-3,7-8H,4-6,12H2,1H3. The molecule has 0 amide bonds. The molecule has 1 aromatic heterocycles. The summed E-state index contributed by atoms with van der Waals surface area (Å²) in [5.74, 6) is 1.82. The molecule has 0 saturated heterocycles. The van der Waals surface area contributed by atoms with Crippen LogP contribution in [0.1, 0.15) is 43.8 Å². The molecule has 2 N–H and O–H groups in total. The van der Waals surface area contributed by atoms with E-state index in [1.165, 1.54) is 12.8 Å². The van der Waals surface area contributed by atoms with Crippen molar-refractivity contribution in [3.63, 3.8) is 0 Å². The fourth-order valence-electron chi connectivity index (χ4n) is 1.95. The van der Waals surface area contributed by atoms with Crippen LogP contribution in [0.3, 0.4) is 0 Å². The van der Waals surface area contributed by atoms with Gasteiger partial charge in [0.15, 0.2) is 5.82 Å². The lowest BCUT2D eigenvalue weighted by Crippen LogP contribution is -2.14. The van der Waals surface area contributed by atoms with Crippen molar-refractivity contribution in [2.45, 2.75) is 43.6 Å². The van der Waals surface area contributed by atoms with Crippen LogP contribution >= 0.6 is 0 Å². The van der Waals surface area contributed by atoms with Crippen molar-refractivity contribution in [1.82, 2.24) is 10.1 Å². The zero-order chi connectivity index (χ0) is 10.5. The van der Waals surface area contributed by atoms with Gasteiger partial charge in [0, 0.05) is 11.5 Å². The first-order chi connectivity index (χ1) is 7.17. The van der Waals surface area contributed by atoms with E-state index in [-0.39, 0.29) is 17.4 Å². The van der Waals surface area contributed by atoms with Crippen molar-refractivity contribution >= 4 is 0 Å². The van der Waals surface area contributed by atoms with Crippen molar-refractivity contribution in [3.05, 3.63) is 23.9 Å². The smallest absolute Gasteiger partial charge is 0.233 e. The molecule has 0 aliphatic heterocycles. The Bertz CT molecular complexity index is 406. The quantitative estimate of drug-likeness (QED) is 0.743. The van der Waals surface area contributed by atoms with Gasteiger partial charge in [-0.25, -0.2) is 0 Å². The summed E-state index contributed by atoms with van der Waals surface area (Å²) < 4.78 is 5.30. The molecule has 80 valence electrons. The number of allylic oxidation sites excluding steroid dienone is 1. The SMILES string of the molecule is CC1(c2noc(C3C=CC(N)C3)n2)CC1. The van der Waals surface area contributed by atoms with Crippen LogP contribution in [0.2, 0.25) is 0 Å². The third-order valence-corrected chi connectivity index (χ3v) is 3.42. The third kappa shape index (κ3) is 1.49. The Morgan fingerprint density at radius 1 is 1.47 bits per heavy atom. The molecule has 0 aromatic carbocycles. The van der Waals surface area contributed by atoms with E-state index in [0.717, 1.165) is 18.1 Å². The predicted octanol–water partition coefficient (Wildman–Crippen LogP) is 1.49. The highest BCUT2D eigenvalue weighted by Gasteiger charge is 2.44. The molecule has 2 aliphatic rings. The van der Waals surface area contributed by atoms with Gasteiger partial charge in [-0.1, -0.05) is 24.2 Å². The summed E-state index contributed by atoms with van der Waals surface area (Å²) in [5, 5.41) is 4.06. The average Bonchev–Trinajstić information content (AvgIpc) is 2.72. The summed E-state index contributed by atoms with van der Waals surface area (Å²) in [7, 11) is 0. The molecule has 1 aromatic rings. The summed E-state index contributed by atoms with van der Waals surface area (Å²) in [5.41, 5.74) is 5.98. The van der Waals surface area contributed by atoms with Crippen LogP contribution < -0.4 is 5.73 Å². The monoisotopic (exact) mass is 205 g/mol. The highest BCUT2D eigenvalue weighted by molar-refractivity contribution is 5.19. The molecule has 1 saturated carbocycles. The minimum atomic E-state index is 0.141. The van der Waals surface area contributed by atoms with Gasteiger partial charge in [0.2, 0.25) is 5.89 Å². The molecule has 15 heavy (non-hydrogen) atoms. The van der Waals surface area contributed by atoms with E-state index in [9.17, 15) is 0 Å². The van der Waals surface area contributed by atoms with Crippen molar-refractivity contribution in [1.29, 1.82) is 0 Å². The number of aromatic nitrogens is 2. The molecule has 2 unspecified atom stereocenters. The molecule has 0 spiro atoms. The zero-order valence-electron chi connectivity index (χ0n) is 8.81. The number of rotatable bonds is 2. The molecule has 2 aliphatic carbocycles. The first-order valence-electron chi connectivity index (χ1n) is 5.45. The summed E-state index contributed by atoms with van der Waals surface area (Å²) in [6.45, 7) is 2.18. The minimum Gasteiger partial charge on any atom is -0.339 e. The van der Waals surface area contributed by atoms with E-state index in [2.05, 4.69) is 23.1 Å². The van der Waals surface area contributed by atoms with Gasteiger partial charge in [0.05, 0.1) is 5.92 Å². The largest absolute Gasteiger partial charge is 0.339 e. The van der Waals surface area contributed by atoms with E-state index in [0.29, 0.717) is 0 Å². The van der Waals surface area contributed by atoms with Gasteiger partial charge in [-0.3, -0.25) is 0 Å². The van der Waals surface area contributed by atoms with Gasteiger partial charge in [-0.2, -0.15) is 4.98 Å². The topological polar surface area (TPSA) is 64.9 Å². The zero-order valence-corrected chi connectivity index (χ0v) is 8.81. The lowest BCUT2D eigenvalue weighted by atomic mass is 10.1. The van der Waals surface area contributed by atoms with Crippen molar-refractivity contribution in [2.75, 3.05) is 0 Å².